The van der Waals surface area contributed by atoms with Gasteiger partial charge in [0, 0.05) is 38.3 Å². The highest BCUT2D eigenvalue weighted by atomic mass is 19.2. The van der Waals surface area contributed by atoms with Crippen LogP contribution in [0.1, 0.15) is 31.2 Å². The molecule has 0 radical (unpaired) electrons. The molecule has 1 aromatic rings. The summed E-state index contributed by atoms with van der Waals surface area (Å²) in [4.78, 5) is 28.8. The number of hydrogen-bond acceptors (Lipinski definition) is 4. The minimum atomic E-state index is -0.915. The smallest absolute Gasteiger partial charge is 0.228 e. The Labute approximate surface area is 168 Å². The van der Waals surface area contributed by atoms with Crippen LogP contribution >= 0.6 is 0 Å². The zero-order valence-electron chi connectivity index (χ0n) is 16.4. The van der Waals surface area contributed by atoms with Crippen molar-refractivity contribution in [2.75, 3.05) is 39.5 Å². The molecule has 158 valence electrons. The second kappa shape index (κ2) is 8.36. The average Bonchev–Trinajstić information content (AvgIpc) is 3.20. The lowest BCUT2D eigenvalue weighted by atomic mass is 9.87. The maximum atomic E-state index is 14.0. The Hall–Kier alpha value is -2.06. The number of piperidine rings is 1. The predicted molar refractivity (Wildman–Crippen MR) is 99.8 cm³/mol. The molecule has 0 bridgehead atoms. The quantitative estimate of drug-likeness (QED) is 0.769. The monoisotopic (exact) mass is 408 g/mol. The minimum Gasteiger partial charge on any atom is -0.381 e. The molecule has 8 heteroatoms. The molecule has 6 nitrogen and oxygen atoms in total. The summed E-state index contributed by atoms with van der Waals surface area (Å²) in [6.07, 6.45) is 2.15. The van der Waals surface area contributed by atoms with Crippen molar-refractivity contribution in [1.29, 1.82) is 0 Å². The van der Waals surface area contributed by atoms with Crippen molar-refractivity contribution >= 4 is 11.8 Å². The average molecular weight is 408 g/mol. The van der Waals surface area contributed by atoms with Gasteiger partial charge in [-0.2, -0.15) is 0 Å². The Morgan fingerprint density at radius 2 is 1.97 bits per heavy atom. The van der Waals surface area contributed by atoms with E-state index in [0.717, 1.165) is 12.5 Å². The number of carbonyl (C=O) groups is 2. The summed E-state index contributed by atoms with van der Waals surface area (Å²) in [6, 6.07) is 3.99. The lowest BCUT2D eigenvalue weighted by Gasteiger charge is -2.41. The fourth-order valence-corrected chi connectivity index (χ4v) is 4.42. The number of hydrogen-bond donors (Lipinski definition) is 0. The number of ether oxygens (including phenoxy) is 2. The van der Waals surface area contributed by atoms with Crippen molar-refractivity contribution in [2.45, 2.75) is 37.8 Å². The summed E-state index contributed by atoms with van der Waals surface area (Å²) >= 11 is 0. The van der Waals surface area contributed by atoms with Gasteiger partial charge in [-0.05, 0) is 25.3 Å². The molecule has 3 aliphatic rings. The largest absolute Gasteiger partial charge is 0.381 e. The molecule has 1 unspecified atom stereocenters. The predicted octanol–water partition coefficient (Wildman–Crippen LogP) is 2.11. The van der Waals surface area contributed by atoms with E-state index in [9.17, 15) is 18.4 Å². The summed E-state index contributed by atoms with van der Waals surface area (Å²) in [5.41, 5.74) is -0.427. The molecule has 1 aromatic carbocycles. The topological polar surface area (TPSA) is 59.1 Å². The van der Waals surface area contributed by atoms with Crippen molar-refractivity contribution in [3.8, 4) is 0 Å². The third kappa shape index (κ3) is 4.28. The zero-order chi connectivity index (χ0) is 20.4. The molecule has 1 atom stereocenters. The summed E-state index contributed by atoms with van der Waals surface area (Å²) in [6.45, 7) is 2.93. The van der Waals surface area contributed by atoms with E-state index in [1.807, 2.05) is 4.90 Å². The van der Waals surface area contributed by atoms with Gasteiger partial charge in [0.15, 0.2) is 11.6 Å². The van der Waals surface area contributed by atoms with Crippen molar-refractivity contribution < 1.29 is 27.8 Å². The minimum absolute atomic E-state index is 0.0220. The van der Waals surface area contributed by atoms with Gasteiger partial charge in [0.1, 0.15) is 0 Å². The lowest BCUT2D eigenvalue weighted by molar-refractivity contribution is -0.144. The van der Waals surface area contributed by atoms with Crippen molar-refractivity contribution in [3.63, 3.8) is 0 Å². The molecule has 3 heterocycles. The third-order valence-corrected chi connectivity index (χ3v) is 6.25. The van der Waals surface area contributed by atoms with Crippen LogP contribution in [0.4, 0.5) is 8.78 Å². The molecular formula is C21H26F2N2O4. The van der Waals surface area contributed by atoms with E-state index in [-0.39, 0.29) is 36.3 Å². The molecular weight excluding hydrogens is 382 g/mol. The maximum Gasteiger partial charge on any atom is 0.228 e. The van der Waals surface area contributed by atoms with Crippen LogP contribution in [0.25, 0.3) is 0 Å². The molecule has 0 N–H and O–H groups in total. The SMILES string of the molecule is O=C1CC2(CCN(C(=O)C3CCOC3)CC2)OCCN1Cc1cccc(F)c1F. The van der Waals surface area contributed by atoms with E-state index >= 15 is 0 Å². The summed E-state index contributed by atoms with van der Waals surface area (Å²) < 4.78 is 38.9. The first-order valence-corrected chi connectivity index (χ1v) is 10.2. The van der Waals surface area contributed by atoms with Gasteiger partial charge in [-0.1, -0.05) is 12.1 Å². The van der Waals surface area contributed by atoms with Crippen LogP contribution in [-0.2, 0) is 25.6 Å². The van der Waals surface area contributed by atoms with Gasteiger partial charge < -0.3 is 19.3 Å². The molecule has 0 aliphatic carbocycles. The Bertz CT molecular complexity index is 774. The number of benzene rings is 1. The molecule has 29 heavy (non-hydrogen) atoms. The highest BCUT2D eigenvalue weighted by molar-refractivity contribution is 5.80. The number of rotatable bonds is 3. The van der Waals surface area contributed by atoms with E-state index in [4.69, 9.17) is 9.47 Å². The number of likely N-dealkylation sites (tertiary alicyclic amines) is 1. The van der Waals surface area contributed by atoms with Gasteiger partial charge in [0.05, 0.1) is 31.2 Å². The number of amides is 2. The Kier molecular flexibility index (Phi) is 5.83. The summed E-state index contributed by atoms with van der Waals surface area (Å²) in [5, 5.41) is 0. The van der Waals surface area contributed by atoms with Crippen LogP contribution in [0.3, 0.4) is 0 Å². The standard InChI is InChI=1S/C21H26F2N2O4/c22-17-3-1-2-15(19(17)23)13-25-9-11-29-21(12-18(25)26)5-7-24(8-6-21)20(27)16-4-10-28-14-16/h1-3,16H,4-14H2. The van der Waals surface area contributed by atoms with Crippen molar-refractivity contribution in [1.82, 2.24) is 9.80 Å². The molecule has 4 rings (SSSR count). The Morgan fingerprint density at radius 3 is 2.69 bits per heavy atom. The van der Waals surface area contributed by atoms with Gasteiger partial charge >= 0.3 is 0 Å². The number of halogens is 2. The first-order valence-electron chi connectivity index (χ1n) is 10.2. The fraction of sp³-hybridized carbons (Fsp3) is 0.619. The van der Waals surface area contributed by atoms with Crippen LogP contribution in [0.5, 0.6) is 0 Å². The van der Waals surface area contributed by atoms with E-state index < -0.39 is 17.2 Å². The van der Waals surface area contributed by atoms with Crippen molar-refractivity contribution in [3.05, 3.63) is 35.4 Å². The van der Waals surface area contributed by atoms with Crippen LogP contribution in [0, 0.1) is 17.6 Å². The van der Waals surface area contributed by atoms with Crippen molar-refractivity contribution in [2.24, 2.45) is 5.92 Å². The molecule has 3 fully saturated rings. The van der Waals surface area contributed by atoms with Gasteiger partial charge in [-0.15, -0.1) is 0 Å². The Morgan fingerprint density at radius 1 is 1.17 bits per heavy atom. The van der Waals surface area contributed by atoms with Crippen LogP contribution in [0.15, 0.2) is 18.2 Å². The van der Waals surface area contributed by atoms with Crippen LogP contribution in [-0.4, -0.2) is 66.7 Å². The van der Waals surface area contributed by atoms with E-state index in [0.29, 0.717) is 52.3 Å². The van der Waals surface area contributed by atoms with Crippen LogP contribution in [0.2, 0.25) is 0 Å². The highest BCUT2D eigenvalue weighted by Crippen LogP contribution is 2.33. The summed E-state index contributed by atoms with van der Waals surface area (Å²) in [5.74, 6) is -1.89. The van der Waals surface area contributed by atoms with E-state index in [1.165, 1.54) is 17.0 Å². The molecule has 0 aromatic heterocycles. The molecule has 0 saturated carbocycles. The number of carbonyl (C=O) groups excluding carboxylic acids is 2. The van der Waals surface area contributed by atoms with E-state index in [2.05, 4.69) is 0 Å². The zero-order valence-corrected chi connectivity index (χ0v) is 16.4. The van der Waals surface area contributed by atoms with E-state index in [1.54, 1.807) is 0 Å². The fourth-order valence-electron chi connectivity index (χ4n) is 4.42. The summed E-state index contributed by atoms with van der Waals surface area (Å²) in [7, 11) is 0. The molecule has 3 saturated heterocycles. The second-order valence-corrected chi connectivity index (χ2v) is 8.12. The molecule has 2 amide bonds. The van der Waals surface area contributed by atoms with Gasteiger partial charge in [0.25, 0.3) is 0 Å². The van der Waals surface area contributed by atoms with Crippen LogP contribution < -0.4 is 0 Å². The Balaban J connectivity index is 1.37. The van der Waals surface area contributed by atoms with Gasteiger partial charge in [-0.25, -0.2) is 8.78 Å². The second-order valence-electron chi connectivity index (χ2n) is 8.12. The maximum absolute atomic E-state index is 14.0. The first-order chi connectivity index (χ1) is 14.0. The van der Waals surface area contributed by atoms with Gasteiger partial charge in [-0.3, -0.25) is 9.59 Å². The molecule has 1 spiro atoms. The first kappa shape index (κ1) is 20.2. The lowest BCUT2D eigenvalue weighted by Crippen LogP contribution is -2.50. The number of nitrogens with zero attached hydrogens (tertiary/aromatic N) is 2. The molecule has 3 aliphatic heterocycles. The third-order valence-electron chi connectivity index (χ3n) is 6.25. The normalized spacial score (nSPS) is 24.8. The highest BCUT2D eigenvalue weighted by Gasteiger charge is 2.42. The van der Waals surface area contributed by atoms with Gasteiger partial charge in [0.2, 0.25) is 11.8 Å².